The number of aromatic amines is 1. The maximum Gasteiger partial charge on any atom is 0.227 e. The fraction of sp³-hybridized carbons (Fsp3) is 0.273. The highest BCUT2D eigenvalue weighted by atomic mass is 35.5. The third-order valence-corrected chi connectivity index (χ3v) is 5.53. The number of benzene rings is 2. The second kappa shape index (κ2) is 8.17. The first-order chi connectivity index (χ1) is 14.1. The summed E-state index contributed by atoms with van der Waals surface area (Å²) in [5.41, 5.74) is 2.84. The van der Waals surface area contributed by atoms with Crippen molar-refractivity contribution < 1.29 is 14.3 Å². The first-order valence-corrected chi connectivity index (χ1v) is 9.91. The molecule has 1 fully saturated rings. The third kappa shape index (κ3) is 3.93. The molecule has 1 saturated heterocycles. The van der Waals surface area contributed by atoms with Gasteiger partial charge in [0.2, 0.25) is 11.8 Å². The first-order valence-electron chi connectivity index (χ1n) is 9.53. The van der Waals surface area contributed by atoms with E-state index in [9.17, 15) is 9.59 Å². The van der Waals surface area contributed by atoms with Gasteiger partial charge in [-0.15, -0.1) is 0 Å². The molecule has 150 valence electrons. The van der Waals surface area contributed by atoms with Crippen molar-refractivity contribution in [2.45, 2.75) is 12.8 Å². The van der Waals surface area contributed by atoms with E-state index in [1.807, 2.05) is 24.4 Å². The summed E-state index contributed by atoms with van der Waals surface area (Å²) >= 11 is 6.08. The number of carbonyl (C=O) groups excluding carboxylic acids is 2. The van der Waals surface area contributed by atoms with Crippen LogP contribution in [0.2, 0.25) is 5.02 Å². The van der Waals surface area contributed by atoms with E-state index in [0.717, 1.165) is 22.9 Å². The molecule has 1 aliphatic heterocycles. The summed E-state index contributed by atoms with van der Waals surface area (Å²) in [5, 5.41) is 4.65. The van der Waals surface area contributed by atoms with Crippen molar-refractivity contribution in [1.82, 2.24) is 10.3 Å². The number of aromatic nitrogens is 1. The summed E-state index contributed by atoms with van der Waals surface area (Å²) in [6, 6.07) is 13.2. The largest absolute Gasteiger partial charge is 0.495 e. The molecule has 1 atom stereocenters. The highest BCUT2D eigenvalue weighted by Crippen LogP contribution is 2.35. The molecule has 2 aromatic carbocycles. The van der Waals surface area contributed by atoms with Gasteiger partial charge in [0.25, 0.3) is 0 Å². The van der Waals surface area contributed by atoms with Crippen molar-refractivity contribution in [3.63, 3.8) is 0 Å². The fourth-order valence-electron chi connectivity index (χ4n) is 3.79. The van der Waals surface area contributed by atoms with Crippen molar-refractivity contribution in [3.8, 4) is 5.75 Å². The number of nitrogens with one attached hydrogen (secondary N) is 2. The van der Waals surface area contributed by atoms with Gasteiger partial charge in [0.1, 0.15) is 5.75 Å². The number of hydrogen-bond acceptors (Lipinski definition) is 3. The highest BCUT2D eigenvalue weighted by molar-refractivity contribution is 6.31. The number of H-pyrrole nitrogens is 1. The maximum absolute atomic E-state index is 12.6. The molecule has 1 aromatic heterocycles. The summed E-state index contributed by atoms with van der Waals surface area (Å²) in [7, 11) is 1.54. The van der Waals surface area contributed by atoms with Crippen molar-refractivity contribution in [1.29, 1.82) is 0 Å². The van der Waals surface area contributed by atoms with E-state index in [0.29, 0.717) is 29.5 Å². The van der Waals surface area contributed by atoms with Crippen LogP contribution in [0.25, 0.3) is 10.9 Å². The number of nitrogens with zero attached hydrogens (tertiary/aromatic N) is 1. The molecular weight excluding hydrogens is 390 g/mol. The Balaban J connectivity index is 1.38. The average Bonchev–Trinajstić information content (AvgIpc) is 3.31. The molecular formula is C22H22ClN3O3. The monoisotopic (exact) mass is 411 g/mol. The zero-order chi connectivity index (χ0) is 20.4. The molecule has 29 heavy (non-hydrogen) atoms. The van der Waals surface area contributed by atoms with Crippen molar-refractivity contribution >= 4 is 40.0 Å². The lowest BCUT2D eigenvalue weighted by Crippen LogP contribution is -2.34. The number of amides is 2. The van der Waals surface area contributed by atoms with Gasteiger partial charge in [-0.2, -0.15) is 0 Å². The van der Waals surface area contributed by atoms with Crippen LogP contribution in [0, 0.1) is 5.92 Å². The van der Waals surface area contributed by atoms with Crippen LogP contribution in [0.15, 0.2) is 48.7 Å². The Morgan fingerprint density at radius 2 is 2.14 bits per heavy atom. The molecule has 7 heteroatoms. The average molecular weight is 412 g/mol. The molecule has 3 aromatic rings. The molecule has 2 amide bonds. The van der Waals surface area contributed by atoms with Gasteiger partial charge in [-0.3, -0.25) is 9.59 Å². The van der Waals surface area contributed by atoms with E-state index in [4.69, 9.17) is 16.3 Å². The zero-order valence-electron chi connectivity index (χ0n) is 16.1. The second-order valence-corrected chi connectivity index (χ2v) is 7.56. The standard InChI is InChI=1S/C22H22ClN3O3/c1-29-20-7-6-16(23)11-19(20)26-13-15(10-21(26)27)22(28)24-9-8-14-12-25-18-5-3-2-4-17(14)18/h2-7,11-12,15,25H,8-10,13H2,1H3,(H,24,28). The lowest BCUT2D eigenvalue weighted by molar-refractivity contribution is -0.126. The Kier molecular flexibility index (Phi) is 5.45. The number of rotatable bonds is 6. The topological polar surface area (TPSA) is 74.4 Å². The highest BCUT2D eigenvalue weighted by Gasteiger charge is 2.36. The number of hydrogen-bond donors (Lipinski definition) is 2. The predicted octanol–water partition coefficient (Wildman–Crippen LogP) is 3.54. The summed E-state index contributed by atoms with van der Waals surface area (Å²) < 4.78 is 5.34. The number of para-hydroxylation sites is 1. The third-order valence-electron chi connectivity index (χ3n) is 5.30. The van der Waals surface area contributed by atoms with Crippen LogP contribution in [0.5, 0.6) is 5.75 Å². The van der Waals surface area contributed by atoms with Gasteiger partial charge < -0.3 is 19.9 Å². The van der Waals surface area contributed by atoms with Crippen LogP contribution in [-0.4, -0.2) is 37.0 Å². The van der Waals surface area contributed by atoms with Gasteiger partial charge >= 0.3 is 0 Å². The molecule has 6 nitrogen and oxygen atoms in total. The molecule has 1 unspecified atom stereocenters. The SMILES string of the molecule is COc1ccc(Cl)cc1N1CC(C(=O)NCCc2c[nH]c3ccccc23)CC1=O. The van der Waals surface area contributed by atoms with Crippen molar-refractivity contribution in [2.75, 3.05) is 25.1 Å². The van der Waals surface area contributed by atoms with Gasteiger partial charge in [0.05, 0.1) is 18.7 Å². The van der Waals surface area contributed by atoms with Gasteiger partial charge in [-0.1, -0.05) is 29.8 Å². The predicted molar refractivity (Wildman–Crippen MR) is 113 cm³/mol. The molecule has 0 spiro atoms. The summed E-state index contributed by atoms with van der Waals surface area (Å²) in [6.07, 6.45) is 2.87. The molecule has 4 rings (SSSR count). The minimum absolute atomic E-state index is 0.109. The molecule has 0 bridgehead atoms. The molecule has 1 aliphatic rings. The Hall–Kier alpha value is -2.99. The molecule has 2 heterocycles. The van der Waals surface area contributed by atoms with E-state index in [2.05, 4.69) is 16.4 Å². The number of methoxy groups -OCH3 is 1. The first kappa shape index (κ1) is 19.3. The number of ether oxygens (including phenoxy) is 1. The smallest absolute Gasteiger partial charge is 0.227 e. The van der Waals surface area contributed by atoms with E-state index >= 15 is 0 Å². The normalized spacial score (nSPS) is 16.4. The number of fused-ring (bicyclic) bond motifs is 1. The van der Waals surface area contributed by atoms with Crippen LogP contribution in [0.4, 0.5) is 5.69 Å². The van der Waals surface area contributed by atoms with E-state index in [1.54, 1.807) is 30.2 Å². The van der Waals surface area contributed by atoms with Gasteiger partial charge in [-0.25, -0.2) is 0 Å². The molecule has 0 aliphatic carbocycles. The quantitative estimate of drug-likeness (QED) is 0.651. The number of carbonyl (C=O) groups is 2. The Labute approximate surface area is 173 Å². The number of halogens is 1. The maximum atomic E-state index is 12.6. The number of anilines is 1. The lowest BCUT2D eigenvalue weighted by atomic mass is 10.1. The second-order valence-electron chi connectivity index (χ2n) is 7.12. The minimum atomic E-state index is -0.394. The molecule has 0 radical (unpaired) electrons. The van der Waals surface area contributed by atoms with Crippen LogP contribution >= 0.6 is 11.6 Å². The van der Waals surface area contributed by atoms with E-state index < -0.39 is 5.92 Å². The Morgan fingerprint density at radius 1 is 1.31 bits per heavy atom. The van der Waals surface area contributed by atoms with Gasteiger partial charge in [0, 0.05) is 41.6 Å². The summed E-state index contributed by atoms with van der Waals surface area (Å²) in [4.78, 5) is 30.0. The van der Waals surface area contributed by atoms with Crippen molar-refractivity contribution in [3.05, 3.63) is 59.2 Å². The van der Waals surface area contributed by atoms with E-state index in [1.165, 1.54) is 0 Å². The van der Waals surface area contributed by atoms with Gasteiger partial charge in [0.15, 0.2) is 0 Å². The van der Waals surface area contributed by atoms with Crippen LogP contribution < -0.4 is 15.0 Å². The van der Waals surface area contributed by atoms with E-state index in [-0.39, 0.29) is 18.2 Å². The summed E-state index contributed by atoms with van der Waals surface area (Å²) in [6.45, 7) is 0.834. The van der Waals surface area contributed by atoms with Crippen LogP contribution in [-0.2, 0) is 16.0 Å². The Bertz CT molecular complexity index is 1060. The zero-order valence-corrected chi connectivity index (χ0v) is 16.8. The minimum Gasteiger partial charge on any atom is -0.495 e. The fourth-order valence-corrected chi connectivity index (χ4v) is 3.96. The Morgan fingerprint density at radius 3 is 2.97 bits per heavy atom. The summed E-state index contributed by atoms with van der Waals surface area (Å²) in [5.74, 6) is -0.0543. The van der Waals surface area contributed by atoms with Gasteiger partial charge in [-0.05, 0) is 36.2 Å². The van der Waals surface area contributed by atoms with Crippen LogP contribution in [0.1, 0.15) is 12.0 Å². The van der Waals surface area contributed by atoms with Crippen molar-refractivity contribution in [2.24, 2.45) is 5.92 Å². The molecule has 2 N–H and O–H groups in total. The molecule has 0 saturated carbocycles. The van der Waals surface area contributed by atoms with Crippen LogP contribution in [0.3, 0.4) is 0 Å². The lowest BCUT2D eigenvalue weighted by Gasteiger charge is -2.19.